The van der Waals surface area contributed by atoms with Crippen molar-refractivity contribution in [1.29, 1.82) is 0 Å². The lowest BCUT2D eigenvalue weighted by Crippen LogP contribution is -2.51. The number of carboxylic acid groups (broad SMARTS) is 1. The summed E-state index contributed by atoms with van der Waals surface area (Å²) in [5.41, 5.74) is 0. The van der Waals surface area contributed by atoms with Gasteiger partial charge in [-0.05, 0) is 6.42 Å². The zero-order valence-electron chi connectivity index (χ0n) is 8.95. The van der Waals surface area contributed by atoms with E-state index in [2.05, 4.69) is 142 Å². The molecule has 0 radical (unpaired) electrons. The van der Waals surface area contributed by atoms with Gasteiger partial charge >= 0.3 is 5.97 Å². The molecule has 0 aromatic heterocycles. The van der Waals surface area contributed by atoms with Crippen molar-refractivity contribution in [2.45, 2.75) is 36.9 Å². The Balaban J connectivity index is 4.95. The van der Waals surface area contributed by atoms with Crippen LogP contribution in [0.2, 0.25) is 0 Å². The topological polar surface area (TPSA) is 37.3 Å². The van der Waals surface area contributed by atoms with Gasteiger partial charge in [-0.2, -0.15) is 0 Å². The smallest absolute Gasteiger partial charge is 0.332 e. The molecule has 0 saturated heterocycles. The SMILES string of the molecule is CCCCCC(I)(I)C(I)(I)C(I)(I)C(=O)O. The van der Waals surface area contributed by atoms with Gasteiger partial charge in [-0.15, -0.1) is 0 Å². The van der Waals surface area contributed by atoms with Gasteiger partial charge in [0, 0.05) is 0 Å². The molecule has 17 heavy (non-hydrogen) atoms. The summed E-state index contributed by atoms with van der Waals surface area (Å²) in [6, 6.07) is 0. The third-order valence-electron chi connectivity index (χ3n) is 2.22. The van der Waals surface area contributed by atoms with E-state index in [-0.39, 0.29) is 2.86 Å². The molecule has 0 aliphatic rings. The third-order valence-corrected chi connectivity index (χ3v) is 19.2. The second-order valence-electron chi connectivity index (χ2n) is 3.62. The fourth-order valence-electron chi connectivity index (χ4n) is 1.12. The number of rotatable bonds is 7. The fraction of sp³-hybridized carbons (Fsp3) is 0.889. The van der Waals surface area contributed by atoms with Crippen LogP contribution >= 0.6 is 136 Å². The quantitative estimate of drug-likeness (QED) is 0.184. The van der Waals surface area contributed by atoms with Crippen molar-refractivity contribution in [3.05, 3.63) is 0 Å². The first-order valence-corrected chi connectivity index (χ1v) is 11.3. The zero-order valence-corrected chi connectivity index (χ0v) is 21.9. The molecule has 0 aliphatic heterocycles. The lowest BCUT2D eigenvalue weighted by molar-refractivity contribution is -0.136. The first-order chi connectivity index (χ1) is 7.50. The summed E-state index contributed by atoms with van der Waals surface area (Å²) < 4.78 is -1.23. The average molecular weight is 914 g/mol. The monoisotopic (exact) mass is 914 g/mol. The van der Waals surface area contributed by atoms with Crippen molar-refractivity contribution >= 4 is 142 Å². The molecule has 0 atom stereocenters. The summed E-state index contributed by atoms with van der Waals surface area (Å²) in [5, 5.41) is 9.38. The normalized spacial score (nSPS) is 13.8. The number of aliphatic carboxylic acids is 1. The van der Waals surface area contributed by atoms with Crippen molar-refractivity contribution < 1.29 is 9.90 Å². The van der Waals surface area contributed by atoms with Crippen molar-refractivity contribution in [2.75, 3.05) is 0 Å². The van der Waals surface area contributed by atoms with Gasteiger partial charge in [0.25, 0.3) is 0 Å². The molecular weight excluding hydrogens is 902 g/mol. The Labute approximate surface area is 184 Å². The van der Waals surface area contributed by atoms with Gasteiger partial charge in [-0.3, -0.25) is 0 Å². The van der Waals surface area contributed by atoms with E-state index >= 15 is 0 Å². The molecule has 8 heteroatoms. The highest BCUT2D eigenvalue weighted by molar-refractivity contribution is 14.2. The van der Waals surface area contributed by atoms with Gasteiger partial charge in [-0.1, -0.05) is 162 Å². The number of hydrogen-bond donors (Lipinski definition) is 1. The first-order valence-electron chi connectivity index (χ1n) is 4.87. The van der Waals surface area contributed by atoms with Crippen LogP contribution in [-0.4, -0.2) is 15.4 Å². The van der Waals surface area contributed by atoms with Crippen molar-refractivity contribution in [1.82, 2.24) is 0 Å². The maximum absolute atomic E-state index is 11.4. The minimum Gasteiger partial charge on any atom is -0.480 e. The van der Waals surface area contributed by atoms with Crippen LogP contribution in [0.1, 0.15) is 32.6 Å². The molecule has 0 unspecified atom stereocenters. The Kier molecular flexibility index (Phi) is 10.4. The third kappa shape index (κ3) is 5.52. The van der Waals surface area contributed by atoms with E-state index in [0.717, 1.165) is 12.8 Å². The molecule has 0 saturated carbocycles. The summed E-state index contributed by atoms with van der Waals surface area (Å²) in [4.78, 5) is 11.4. The summed E-state index contributed by atoms with van der Waals surface area (Å²) in [6.45, 7) is 2.18. The highest BCUT2D eigenvalue weighted by atomic mass is 127. The van der Waals surface area contributed by atoms with E-state index in [1.807, 2.05) is 0 Å². The van der Waals surface area contributed by atoms with Crippen LogP contribution in [-0.2, 0) is 4.79 Å². The standard InChI is InChI=1S/C9H12I6O2/c1-2-3-4-5-7(10,11)9(14,15)8(12,13)6(16)17/h2-5H2,1H3,(H,16,17). The van der Waals surface area contributed by atoms with Crippen molar-refractivity contribution in [2.24, 2.45) is 0 Å². The number of hydrogen-bond acceptors (Lipinski definition) is 1. The second kappa shape index (κ2) is 8.47. The number of carboxylic acids is 1. The Morgan fingerprint density at radius 3 is 1.88 bits per heavy atom. The van der Waals surface area contributed by atoms with E-state index in [9.17, 15) is 9.90 Å². The van der Waals surface area contributed by atoms with Gasteiger partial charge in [0.1, 0.15) is 1.43 Å². The molecule has 0 rings (SSSR count). The molecule has 1 N–H and O–H groups in total. The summed E-state index contributed by atoms with van der Waals surface area (Å²) in [6.07, 6.45) is 4.59. The van der Waals surface area contributed by atoms with Crippen molar-refractivity contribution in [3.8, 4) is 0 Å². The fourth-order valence-corrected chi connectivity index (χ4v) is 6.68. The van der Waals surface area contributed by atoms with E-state index in [4.69, 9.17) is 0 Å². The number of carbonyl (C=O) groups is 1. The Hall–Kier alpha value is 3.85. The molecule has 102 valence electrons. The van der Waals surface area contributed by atoms with Gasteiger partial charge in [0.2, 0.25) is 0 Å². The molecular formula is C9H12I6O2. The Morgan fingerprint density at radius 1 is 1.06 bits per heavy atom. The van der Waals surface area contributed by atoms with Gasteiger partial charge < -0.3 is 5.11 Å². The summed E-state index contributed by atoms with van der Waals surface area (Å²) in [7, 11) is 0. The maximum atomic E-state index is 11.4. The molecule has 0 spiro atoms. The molecule has 0 aromatic carbocycles. The predicted octanol–water partition coefficient (Wildman–Crippen LogP) is 6.35. The second-order valence-corrected chi connectivity index (χ2v) is 20.0. The number of unbranched alkanes of at least 4 members (excludes halogenated alkanes) is 2. The van der Waals surface area contributed by atoms with Gasteiger partial charge in [0.15, 0.2) is 1.43 Å². The number of alkyl halides is 6. The predicted molar refractivity (Wildman–Crippen MR) is 124 cm³/mol. The molecule has 0 aliphatic carbocycles. The van der Waals surface area contributed by atoms with Gasteiger partial charge in [0.05, 0.1) is 1.43 Å². The highest BCUT2D eigenvalue weighted by Crippen LogP contribution is 2.63. The zero-order chi connectivity index (χ0) is 13.9. The Morgan fingerprint density at radius 2 is 1.53 bits per heavy atom. The largest absolute Gasteiger partial charge is 0.480 e. The molecule has 2 nitrogen and oxygen atoms in total. The van der Waals surface area contributed by atoms with Crippen LogP contribution in [0.3, 0.4) is 0 Å². The minimum atomic E-state index is -0.807. The first kappa shape index (κ1) is 20.9. The van der Waals surface area contributed by atoms with Crippen LogP contribution in [0.25, 0.3) is 0 Å². The van der Waals surface area contributed by atoms with Crippen LogP contribution in [0.5, 0.6) is 0 Å². The van der Waals surface area contributed by atoms with Crippen LogP contribution in [0.15, 0.2) is 0 Å². The minimum absolute atomic E-state index is 0.0699. The van der Waals surface area contributed by atoms with Gasteiger partial charge in [-0.25, -0.2) is 4.79 Å². The molecule has 0 aromatic rings. The van der Waals surface area contributed by atoms with Crippen LogP contribution in [0, 0.1) is 0 Å². The highest BCUT2D eigenvalue weighted by Gasteiger charge is 2.60. The summed E-state index contributed by atoms with van der Waals surface area (Å²) in [5.74, 6) is -0.754. The van der Waals surface area contributed by atoms with E-state index in [0.29, 0.717) is 0 Å². The molecule has 0 fully saturated rings. The molecule has 0 amide bonds. The lowest BCUT2D eigenvalue weighted by Gasteiger charge is -2.41. The molecule has 0 heterocycles. The maximum Gasteiger partial charge on any atom is 0.332 e. The van der Waals surface area contributed by atoms with Crippen LogP contribution in [0.4, 0.5) is 0 Å². The van der Waals surface area contributed by atoms with E-state index in [1.54, 1.807) is 0 Å². The molecule has 0 bridgehead atoms. The average Bonchev–Trinajstić information content (AvgIpc) is 2.17. The Bertz CT molecular complexity index is 277. The summed E-state index contributed by atoms with van der Waals surface area (Å²) >= 11 is 13.6. The van der Waals surface area contributed by atoms with Crippen molar-refractivity contribution in [3.63, 3.8) is 0 Å². The lowest BCUT2D eigenvalue weighted by atomic mass is 10.1. The van der Waals surface area contributed by atoms with Crippen LogP contribution < -0.4 is 0 Å². The van der Waals surface area contributed by atoms with E-state index < -0.39 is 7.40 Å². The number of halogens is 6. The van der Waals surface area contributed by atoms with E-state index in [1.165, 1.54) is 12.8 Å².